The van der Waals surface area contributed by atoms with Crippen molar-refractivity contribution in [1.29, 1.82) is 0 Å². The van der Waals surface area contributed by atoms with E-state index in [1.54, 1.807) is 0 Å². The van der Waals surface area contributed by atoms with Crippen LogP contribution < -0.4 is 14.8 Å². The highest BCUT2D eigenvalue weighted by atomic mass is 32.1. The second-order valence-corrected chi connectivity index (χ2v) is 4.89. The Labute approximate surface area is 119 Å². The summed E-state index contributed by atoms with van der Waals surface area (Å²) < 4.78 is 11.7. The Bertz CT molecular complexity index is 439. The molecule has 0 unspecified atom stereocenters. The van der Waals surface area contributed by atoms with E-state index in [1.165, 1.54) is 0 Å². The van der Waals surface area contributed by atoms with Crippen molar-refractivity contribution in [3.8, 4) is 11.5 Å². The highest BCUT2D eigenvalue weighted by Gasteiger charge is 2.23. The third-order valence-corrected chi connectivity index (χ3v) is 3.45. The van der Waals surface area contributed by atoms with Gasteiger partial charge in [-0.05, 0) is 30.8 Å². The Morgan fingerprint density at radius 2 is 2.16 bits per heavy atom. The summed E-state index contributed by atoms with van der Waals surface area (Å²) in [5, 5.41) is 3.77. The van der Waals surface area contributed by atoms with Gasteiger partial charge in [-0.25, -0.2) is 0 Å². The largest absolute Gasteiger partial charge is 0.486 e. The lowest BCUT2D eigenvalue weighted by Gasteiger charge is -2.32. The van der Waals surface area contributed by atoms with Gasteiger partial charge in [-0.2, -0.15) is 0 Å². The Kier molecular flexibility index (Phi) is 4.85. The molecule has 0 amide bonds. The highest BCUT2D eigenvalue weighted by Crippen LogP contribution is 2.30. The predicted octanol–water partition coefficient (Wildman–Crippen LogP) is 2.04. The van der Waals surface area contributed by atoms with Gasteiger partial charge < -0.3 is 19.7 Å². The van der Waals surface area contributed by atoms with Gasteiger partial charge in [0.25, 0.3) is 0 Å². The molecule has 0 aliphatic carbocycles. The summed E-state index contributed by atoms with van der Waals surface area (Å²) in [4.78, 5) is 2.12. The minimum absolute atomic E-state index is 0.00718. The standard InChI is InChI=1S/C14H20N2O2S/c1-3-8-16(14(19)15-2)9-11-10-17-12-6-4-5-7-13(12)18-11/h4-7,11H,3,8-10H2,1-2H3,(H,15,19)/t11-/m0/s1. The monoisotopic (exact) mass is 280 g/mol. The van der Waals surface area contributed by atoms with Crippen LogP contribution >= 0.6 is 12.2 Å². The van der Waals surface area contributed by atoms with E-state index in [0.29, 0.717) is 6.61 Å². The average molecular weight is 280 g/mol. The number of nitrogens with one attached hydrogen (secondary N) is 1. The molecule has 0 aromatic heterocycles. The zero-order valence-electron chi connectivity index (χ0n) is 11.4. The number of para-hydroxylation sites is 2. The van der Waals surface area contributed by atoms with Gasteiger partial charge >= 0.3 is 0 Å². The smallest absolute Gasteiger partial charge is 0.168 e. The quantitative estimate of drug-likeness (QED) is 0.854. The molecule has 5 heteroatoms. The van der Waals surface area contributed by atoms with Crippen molar-refractivity contribution in [2.24, 2.45) is 0 Å². The maximum atomic E-state index is 5.95. The summed E-state index contributed by atoms with van der Waals surface area (Å²) in [6, 6.07) is 7.75. The Morgan fingerprint density at radius 3 is 2.84 bits per heavy atom. The van der Waals surface area contributed by atoms with E-state index in [2.05, 4.69) is 17.1 Å². The van der Waals surface area contributed by atoms with Gasteiger partial charge in [0.05, 0.1) is 6.54 Å². The van der Waals surface area contributed by atoms with Gasteiger partial charge in [0.15, 0.2) is 22.7 Å². The number of thiocarbonyl (C=S) groups is 1. The van der Waals surface area contributed by atoms with Crippen LogP contribution in [0.4, 0.5) is 0 Å². The topological polar surface area (TPSA) is 33.7 Å². The van der Waals surface area contributed by atoms with Crippen LogP contribution in [0.1, 0.15) is 13.3 Å². The number of nitrogens with zero attached hydrogens (tertiary/aromatic N) is 1. The molecule has 0 radical (unpaired) electrons. The number of hydrogen-bond donors (Lipinski definition) is 1. The highest BCUT2D eigenvalue weighted by molar-refractivity contribution is 7.80. The molecule has 19 heavy (non-hydrogen) atoms. The fourth-order valence-corrected chi connectivity index (χ4v) is 2.27. The Balaban J connectivity index is 1.98. The minimum Gasteiger partial charge on any atom is -0.486 e. The first-order valence-electron chi connectivity index (χ1n) is 6.59. The van der Waals surface area contributed by atoms with Gasteiger partial charge in [-0.1, -0.05) is 19.1 Å². The van der Waals surface area contributed by atoms with Gasteiger partial charge in [0, 0.05) is 13.6 Å². The maximum absolute atomic E-state index is 5.95. The van der Waals surface area contributed by atoms with Crippen LogP contribution in [0, 0.1) is 0 Å². The van der Waals surface area contributed by atoms with Crippen LogP contribution in [0.25, 0.3) is 0 Å². The van der Waals surface area contributed by atoms with Gasteiger partial charge in [0.1, 0.15) is 6.61 Å². The molecular weight excluding hydrogens is 260 g/mol. The van der Waals surface area contributed by atoms with Crippen molar-refractivity contribution >= 4 is 17.3 Å². The van der Waals surface area contributed by atoms with Crippen LogP contribution in [-0.2, 0) is 0 Å². The molecule has 1 atom stereocenters. The molecule has 4 nitrogen and oxygen atoms in total. The Morgan fingerprint density at radius 1 is 1.42 bits per heavy atom. The second-order valence-electron chi connectivity index (χ2n) is 4.50. The third-order valence-electron chi connectivity index (χ3n) is 2.99. The first-order chi connectivity index (χ1) is 9.24. The molecule has 1 heterocycles. The molecule has 0 bridgehead atoms. The molecule has 0 spiro atoms. The number of ether oxygens (including phenoxy) is 2. The van der Waals surface area contributed by atoms with Crippen LogP contribution in [0.5, 0.6) is 11.5 Å². The van der Waals surface area contributed by atoms with Crippen molar-refractivity contribution in [2.75, 3.05) is 26.7 Å². The van der Waals surface area contributed by atoms with Crippen molar-refractivity contribution in [3.63, 3.8) is 0 Å². The van der Waals surface area contributed by atoms with Crippen molar-refractivity contribution in [2.45, 2.75) is 19.4 Å². The molecule has 0 fully saturated rings. The van der Waals surface area contributed by atoms with E-state index in [1.807, 2.05) is 31.3 Å². The van der Waals surface area contributed by atoms with Crippen molar-refractivity contribution in [3.05, 3.63) is 24.3 Å². The average Bonchev–Trinajstić information content (AvgIpc) is 2.46. The lowest BCUT2D eigenvalue weighted by Crippen LogP contribution is -2.46. The molecule has 104 valence electrons. The molecule has 0 saturated heterocycles. The first kappa shape index (κ1) is 13.9. The summed E-state index contributed by atoms with van der Waals surface area (Å²) in [6.45, 7) is 4.35. The zero-order valence-corrected chi connectivity index (χ0v) is 12.2. The van der Waals surface area contributed by atoms with E-state index in [0.717, 1.165) is 36.1 Å². The molecule has 0 saturated carbocycles. The maximum Gasteiger partial charge on any atom is 0.168 e. The van der Waals surface area contributed by atoms with E-state index in [-0.39, 0.29) is 6.10 Å². The van der Waals surface area contributed by atoms with E-state index in [4.69, 9.17) is 21.7 Å². The second kappa shape index (κ2) is 6.61. The molecule has 1 N–H and O–H groups in total. The van der Waals surface area contributed by atoms with Crippen molar-refractivity contribution < 1.29 is 9.47 Å². The van der Waals surface area contributed by atoms with Crippen LogP contribution in [0.2, 0.25) is 0 Å². The summed E-state index contributed by atoms with van der Waals surface area (Å²) in [6.07, 6.45) is 1.05. The number of fused-ring (bicyclic) bond motifs is 1. The predicted molar refractivity (Wildman–Crippen MR) is 79.9 cm³/mol. The summed E-state index contributed by atoms with van der Waals surface area (Å²) in [5.74, 6) is 1.63. The lowest BCUT2D eigenvalue weighted by molar-refractivity contribution is 0.0741. The summed E-state index contributed by atoms with van der Waals surface area (Å²) in [5.41, 5.74) is 0. The Hall–Kier alpha value is -1.49. The number of benzene rings is 1. The van der Waals surface area contributed by atoms with E-state index < -0.39 is 0 Å². The molecule has 1 aromatic rings. The van der Waals surface area contributed by atoms with Crippen LogP contribution in [-0.4, -0.2) is 42.9 Å². The molecule has 1 aliphatic heterocycles. The summed E-state index contributed by atoms with van der Waals surface area (Å²) >= 11 is 5.31. The fourth-order valence-electron chi connectivity index (χ4n) is 2.10. The summed E-state index contributed by atoms with van der Waals surface area (Å²) in [7, 11) is 1.85. The fraction of sp³-hybridized carbons (Fsp3) is 0.500. The minimum atomic E-state index is 0.00718. The van der Waals surface area contributed by atoms with Crippen molar-refractivity contribution in [1.82, 2.24) is 10.2 Å². The molecular formula is C14H20N2O2S. The van der Waals surface area contributed by atoms with E-state index in [9.17, 15) is 0 Å². The third kappa shape index (κ3) is 3.50. The van der Waals surface area contributed by atoms with Crippen LogP contribution in [0.3, 0.4) is 0 Å². The zero-order chi connectivity index (χ0) is 13.7. The van der Waals surface area contributed by atoms with E-state index >= 15 is 0 Å². The van der Waals surface area contributed by atoms with Gasteiger partial charge in [-0.3, -0.25) is 0 Å². The van der Waals surface area contributed by atoms with Crippen LogP contribution in [0.15, 0.2) is 24.3 Å². The molecule has 2 rings (SSSR count). The number of rotatable bonds is 4. The SMILES string of the molecule is CCCN(C[C@H]1COc2ccccc2O1)C(=S)NC. The first-order valence-corrected chi connectivity index (χ1v) is 7.00. The normalized spacial score (nSPS) is 16.8. The van der Waals surface area contributed by atoms with Gasteiger partial charge in [-0.15, -0.1) is 0 Å². The number of hydrogen-bond acceptors (Lipinski definition) is 3. The molecule has 1 aliphatic rings. The molecule has 1 aromatic carbocycles. The van der Waals surface area contributed by atoms with Gasteiger partial charge in [0.2, 0.25) is 0 Å². The lowest BCUT2D eigenvalue weighted by atomic mass is 10.2.